The molecule has 0 spiro atoms. The lowest BCUT2D eigenvalue weighted by atomic mass is 9.64. The average Bonchev–Trinajstić information content (AvgIpc) is 3.05. The van der Waals surface area contributed by atoms with Gasteiger partial charge in [-0.15, -0.1) is 11.8 Å². The molecular weight excluding hydrogens is 451 g/mol. The fourth-order valence-electron chi connectivity index (χ4n) is 3.77. The minimum atomic E-state index is -0.175. The summed E-state index contributed by atoms with van der Waals surface area (Å²) >= 11 is 18.2. The van der Waals surface area contributed by atoms with Crippen LogP contribution < -0.4 is 5.73 Å². The Balaban J connectivity index is 2.06. The maximum Gasteiger partial charge on any atom is 0.122 e. The van der Waals surface area contributed by atoms with Gasteiger partial charge in [0, 0.05) is 11.0 Å². The maximum atomic E-state index is 7.86. The van der Waals surface area contributed by atoms with E-state index in [1.807, 2.05) is 24.3 Å². The molecule has 2 nitrogen and oxygen atoms in total. The molecule has 0 saturated carbocycles. The van der Waals surface area contributed by atoms with E-state index in [-0.39, 0.29) is 26.7 Å². The normalized spacial score (nSPS) is 31.7. The number of allylic oxidation sites excluding steroid dienone is 3. The van der Waals surface area contributed by atoms with Crippen molar-refractivity contribution in [1.82, 2.24) is 0 Å². The SMILES string of the molecule is CC(c1ccc(Cl)c(Cl)c1)C1C=C(C(=N)N)C=CC1(C)C1(Br)CC=CS1. The highest BCUT2D eigenvalue weighted by Gasteiger charge is 2.52. The maximum absolute atomic E-state index is 7.86. The number of rotatable bonds is 4. The minimum Gasteiger partial charge on any atom is -0.384 e. The summed E-state index contributed by atoms with van der Waals surface area (Å²) in [6.07, 6.45) is 9.45. The van der Waals surface area contributed by atoms with Crippen molar-refractivity contribution in [2.45, 2.75) is 29.8 Å². The molecule has 1 aliphatic heterocycles. The Morgan fingerprint density at radius 2 is 2.12 bits per heavy atom. The van der Waals surface area contributed by atoms with Crippen molar-refractivity contribution < 1.29 is 0 Å². The molecule has 1 heterocycles. The van der Waals surface area contributed by atoms with Gasteiger partial charge in [0.25, 0.3) is 0 Å². The van der Waals surface area contributed by atoms with Gasteiger partial charge >= 0.3 is 0 Å². The fraction of sp³-hybridized carbons (Fsp3) is 0.350. The first-order valence-electron chi connectivity index (χ1n) is 8.40. The lowest BCUT2D eigenvalue weighted by Gasteiger charge is -2.48. The van der Waals surface area contributed by atoms with Crippen molar-refractivity contribution in [3.05, 3.63) is 69.1 Å². The number of amidine groups is 1. The van der Waals surface area contributed by atoms with Crippen LogP contribution in [0.5, 0.6) is 0 Å². The molecule has 0 fully saturated rings. The predicted molar refractivity (Wildman–Crippen MR) is 119 cm³/mol. The van der Waals surface area contributed by atoms with E-state index in [1.165, 1.54) is 0 Å². The molecule has 4 unspecified atom stereocenters. The molecule has 0 aromatic heterocycles. The second kappa shape index (κ2) is 7.38. The summed E-state index contributed by atoms with van der Waals surface area (Å²) in [4.78, 5) is 0. The van der Waals surface area contributed by atoms with Crippen molar-refractivity contribution in [3.8, 4) is 0 Å². The quantitative estimate of drug-likeness (QED) is 0.285. The van der Waals surface area contributed by atoms with Gasteiger partial charge in [0.1, 0.15) is 5.84 Å². The summed E-state index contributed by atoms with van der Waals surface area (Å²) in [6.45, 7) is 4.46. The van der Waals surface area contributed by atoms with Crippen LogP contribution >= 0.6 is 50.9 Å². The molecule has 3 N–H and O–H groups in total. The first kappa shape index (κ1) is 20.1. The van der Waals surface area contributed by atoms with Gasteiger partial charge in [-0.1, -0.05) is 83.3 Å². The molecule has 6 heteroatoms. The van der Waals surface area contributed by atoms with E-state index < -0.39 is 0 Å². The third kappa shape index (κ3) is 3.42. The highest BCUT2D eigenvalue weighted by molar-refractivity contribution is 9.12. The minimum absolute atomic E-state index is 0.0930. The predicted octanol–water partition coefficient (Wildman–Crippen LogP) is 6.89. The van der Waals surface area contributed by atoms with Crippen molar-refractivity contribution in [2.24, 2.45) is 17.1 Å². The van der Waals surface area contributed by atoms with Crippen LogP contribution in [0.15, 0.2) is 53.5 Å². The van der Waals surface area contributed by atoms with Crippen LogP contribution in [0, 0.1) is 16.7 Å². The zero-order valence-corrected chi connectivity index (χ0v) is 18.5. The first-order chi connectivity index (χ1) is 12.2. The van der Waals surface area contributed by atoms with Crippen LogP contribution in [0.25, 0.3) is 0 Å². The highest BCUT2D eigenvalue weighted by atomic mass is 79.9. The Hall–Kier alpha value is -0.680. The Morgan fingerprint density at radius 1 is 1.38 bits per heavy atom. The average molecular weight is 472 g/mol. The molecule has 2 aliphatic rings. The van der Waals surface area contributed by atoms with E-state index in [9.17, 15) is 0 Å². The van der Waals surface area contributed by atoms with Gasteiger partial charge in [-0.05, 0) is 41.4 Å². The molecule has 4 atom stereocenters. The van der Waals surface area contributed by atoms with Crippen LogP contribution in [-0.2, 0) is 0 Å². The lowest BCUT2D eigenvalue weighted by Crippen LogP contribution is -2.44. The highest BCUT2D eigenvalue weighted by Crippen LogP contribution is 2.61. The largest absolute Gasteiger partial charge is 0.384 e. The number of nitrogens with one attached hydrogen (secondary N) is 1. The van der Waals surface area contributed by atoms with Crippen molar-refractivity contribution >= 4 is 56.7 Å². The molecule has 1 aromatic rings. The van der Waals surface area contributed by atoms with Gasteiger partial charge in [-0.2, -0.15) is 0 Å². The number of halogens is 3. The molecule has 3 rings (SSSR count). The van der Waals surface area contributed by atoms with Crippen molar-refractivity contribution in [3.63, 3.8) is 0 Å². The summed E-state index contributed by atoms with van der Waals surface area (Å²) in [5, 5.41) is 11.1. The topological polar surface area (TPSA) is 49.9 Å². The summed E-state index contributed by atoms with van der Waals surface area (Å²) in [5.41, 5.74) is 7.50. The number of benzene rings is 1. The van der Waals surface area contributed by atoms with Gasteiger partial charge in [0.15, 0.2) is 0 Å². The molecule has 0 saturated heterocycles. The summed E-state index contributed by atoms with van der Waals surface area (Å²) in [7, 11) is 0. The number of nitrogens with two attached hydrogens (primary N) is 1. The van der Waals surface area contributed by atoms with Gasteiger partial charge in [-0.3, -0.25) is 5.41 Å². The summed E-state index contributed by atoms with van der Waals surface area (Å²) in [6, 6.07) is 5.81. The Labute approximate surface area is 177 Å². The van der Waals surface area contributed by atoms with Crippen LogP contribution in [0.3, 0.4) is 0 Å². The molecule has 26 heavy (non-hydrogen) atoms. The number of hydrogen-bond donors (Lipinski definition) is 2. The number of hydrogen-bond acceptors (Lipinski definition) is 2. The molecule has 0 amide bonds. The van der Waals surface area contributed by atoms with E-state index in [2.05, 4.69) is 53.4 Å². The zero-order valence-electron chi connectivity index (χ0n) is 14.6. The van der Waals surface area contributed by atoms with E-state index in [1.54, 1.807) is 11.8 Å². The van der Waals surface area contributed by atoms with E-state index in [0.29, 0.717) is 10.0 Å². The molecule has 0 radical (unpaired) electrons. The van der Waals surface area contributed by atoms with Gasteiger partial charge in [-0.25, -0.2) is 0 Å². The smallest absolute Gasteiger partial charge is 0.122 e. The zero-order chi connectivity index (χ0) is 19.1. The van der Waals surface area contributed by atoms with Crippen LogP contribution in [0.4, 0.5) is 0 Å². The summed E-state index contributed by atoms with van der Waals surface area (Å²) < 4.78 is -0.134. The lowest BCUT2D eigenvalue weighted by molar-refractivity contribution is 0.249. The van der Waals surface area contributed by atoms with Crippen LogP contribution in [-0.4, -0.2) is 9.49 Å². The molecule has 1 aliphatic carbocycles. The Bertz CT molecular complexity index is 825. The van der Waals surface area contributed by atoms with Crippen LogP contribution in [0.2, 0.25) is 10.0 Å². The van der Waals surface area contributed by atoms with E-state index in [4.69, 9.17) is 34.3 Å². The third-order valence-corrected chi connectivity index (χ3v) is 9.30. The van der Waals surface area contributed by atoms with Gasteiger partial charge in [0.05, 0.1) is 13.7 Å². The first-order valence-corrected chi connectivity index (χ1v) is 10.8. The molecule has 1 aromatic carbocycles. The Morgan fingerprint density at radius 3 is 2.69 bits per heavy atom. The van der Waals surface area contributed by atoms with Gasteiger partial charge < -0.3 is 5.73 Å². The number of alkyl halides is 1. The number of thioether (sulfide) groups is 1. The third-order valence-electron chi connectivity index (χ3n) is 5.52. The second-order valence-corrected chi connectivity index (χ2v) is 11.0. The molecular formula is C20H21BrCl2N2S. The fourth-order valence-corrected chi connectivity index (χ4v) is 6.04. The summed E-state index contributed by atoms with van der Waals surface area (Å²) in [5.74, 6) is 0.399. The van der Waals surface area contributed by atoms with E-state index in [0.717, 1.165) is 17.6 Å². The molecule has 0 bridgehead atoms. The van der Waals surface area contributed by atoms with E-state index >= 15 is 0 Å². The standard InChI is InChI=1S/C20H21BrCl2N2S/c1-12(13-4-5-16(22)17(23)11-13)15-10-14(18(24)25)6-8-19(15,2)20(21)7-3-9-26-20/h3-6,8-12,15H,7H2,1-2H3,(H3,24,25). The molecule has 138 valence electrons. The van der Waals surface area contributed by atoms with Crippen molar-refractivity contribution in [1.29, 1.82) is 5.41 Å². The van der Waals surface area contributed by atoms with Gasteiger partial charge in [0.2, 0.25) is 0 Å². The van der Waals surface area contributed by atoms with Crippen molar-refractivity contribution in [2.75, 3.05) is 0 Å². The monoisotopic (exact) mass is 470 g/mol. The second-order valence-electron chi connectivity index (χ2n) is 7.06. The van der Waals surface area contributed by atoms with Crippen LogP contribution in [0.1, 0.15) is 31.7 Å². The Kier molecular flexibility index (Phi) is 5.70.